The van der Waals surface area contributed by atoms with E-state index in [1.165, 1.54) is 0 Å². The molecule has 154 valence electrons. The first-order chi connectivity index (χ1) is 13.5. The molecule has 0 N–H and O–H groups in total. The van der Waals surface area contributed by atoms with E-state index in [4.69, 9.17) is 14.2 Å². The van der Waals surface area contributed by atoms with Gasteiger partial charge in [0.05, 0.1) is 20.8 Å². The van der Waals surface area contributed by atoms with Crippen LogP contribution in [0.3, 0.4) is 0 Å². The molecule has 0 saturated heterocycles. The number of ether oxygens (including phenoxy) is 3. The zero-order valence-corrected chi connectivity index (χ0v) is 16.9. The Morgan fingerprint density at radius 1 is 1.11 bits per heavy atom. The van der Waals surface area contributed by atoms with E-state index in [0.29, 0.717) is 30.8 Å². The van der Waals surface area contributed by atoms with Gasteiger partial charge in [-0.3, -0.25) is 19.3 Å². The summed E-state index contributed by atoms with van der Waals surface area (Å²) in [6.07, 6.45) is 3.20. The van der Waals surface area contributed by atoms with Crippen LogP contribution >= 0.6 is 0 Å². The van der Waals surface area contributed by atoms with Crippen molar-refractivity contribution >= 4 is 17.8 Å². The normalized spacial score (nSPS) is 10.1. The maximum Gasteiger partial charge on any atom is 0.315 e. The molecule has 0 aliphatic carbocycles. The minimum Gasteiger partial charge on any atom is -0.493 e. The molecule has 1 rings (SSSR count). The number of unbranched alkanes of at least 4 members (excludes halogenated alkanes) is 1. The smallest absolute Gasteiger partial charge is 0.315 e. The van der Waals surface area contributed by atoms with Crippen molar-refractivity contribution in [1.29, 1.82) is 0 Å². The van der Waals surface area contributed by atoms with Gasteiger partial charge in [-0.1, -0.05) is 12.1 Å². The molecule has 1 aromatic rings. The van der Waals surface area contributed by atoms with Gasteiger partial charge in [0.1, 0.15) is 6.42 Å². The van der Waals surface area contributed by atoms with Crippen LogP contribution in [-0.2, 0) is 25.5 Å². The minimum absolute atomic E-state index is 0.167. The topological polar surface area (TPSA) is 82.1 Å². The van der Waals surface area contributed by atoms with Gasteiger partial charge < -0.3 is 14.2 Å². The van der Waals surface area contributed by atoms with Crippen molar-refractivity contribution < 1.29 is 28.6 Å². The van der Waals surface area contributed by atoms with Crippen LogP contribution in [0.4, 0.5) is 0 Å². The molecule has 0 unspecified atom stereocenters. The van der Waals surface area contributed by atoms with Gasteiger partial charge in [0.25, 0.3) is 0 Å². The van der Waals surface area contributed by atoms with E-state index in [9.17, 15) is 14.4 Å². The number of benzene rings is 1. The average Bonchev–Trinajstić information content (AvgIpc) is 2.68. The van der Waals surface area contributed by atoms with Gasteiger partial charge in [-0.15, -0.1) is 6.58 Å². The second-order valence-corrected chi connectivity index (χ2v) is 6.04. The van der Waals surface area contributed by atoms with Gasteiger partial charge in [0.2, 0.25) is 11.8 Å². The molecule has 0 saturated carbocycles. The van der Waals surface area contributed by atoms with E-state index in [2.05, 4.69) is 6.58 Å². The molecule has 0 fully saturated rings. The number of imide groups is 1. The lowest BCUT2D eigenvalue weighted by Crippen LogP contribution is -2.39. The Morgan fingerprint density at radius 3 is 2.43 bits per heavy atom. The molecular formula is C21H29NO6. The SMILES string of the molecule is C=CCCCC(=O)N(CCc1ccc(OC)c(OC)c1)C(=O)CC(=O)OCC. The van der Waals surface area contributed by atoms with Crippen LogP contribution < -0.4 is 9.47 Å². The van der Waals surface area contributed by atoms with E-state index in [0.717, 1.165) is 10.5 Å². The summed E-state index contributed by atoms with van der Waals surface area (Å²) in [5.74, 6) is -0.328. The van der Waals surface area contributed by atoms with Gasteiger partial charge in [0.15, 0.2) is 11.5 Å². The van der Waals surface area contributed by atoms with Crippen molar-refractivity contribution in [2.75, 3.05) is 27.4 Å². The first-order valence-corrected chi connectivity index (χ1v) is 9.27. The predicted molar refractivity (Wildman–Crippen MR) is 105 cm³/mol. The summed E-state index contributed by atoms with van der Waals surface area (Å²) in [6, 6.07) is 5.41. The first-order valence-electron chi connectivity index (χ1n) is 9.27. The molecule has 0 aliphatic rings. The largest absolute Gasteiger partial charge is 0.493 e. The van der Waals surface area contributed by atoms with Crippen LogP contribution in [0.2, 0.25) is 0 Å². The molecular weight excluding hydrogens is 362 g/mol. The Labute approximate surface area is 166 Å². The van der Waals surface area contributed by atoms with E-state index in [1.54, 1.807) is 39.4 Å². The number of rotatable bonds is 12. The Hall–Kier alpha value is -2.83. The third-order valence-electron chi connectivity index (χ3n) is 4.07. The molecule has 0 bridgehead atoms. The molecule has 7 nitrogen and oxygen atoms in total. The molecule has 28 heavy (non-hydrogen) atoms. The third-order valence-corrected chi connectivity index (χ3v) is 4.07. The van der Waals surface area contributed by atoms with Crippen LogP contribution in [-0.4, -0.2) is 50.1 Å². The average molecular weight is 391 g/mol. The van der Waals surface area contributed by atoms with Gasteiger partial charge in [-0.25, -0.2) is 0 Å². The number of hydrogen-bond donors (Lipinski definition) is 0. The summed E-state index contributed by atoms with van der Waals surface area (Å²) >= 11 is 0. The van der Waals surface area contributed by atoms with E-state index in [-0.39, 0.29) is 25.5 Å². The van der Waals surface area contributed by atoms with Gasteiger partial charge in [-0.05, 0) is 43.9 Å². The second kappa shape index (κ2) is 12.5. The number of esters is 1. The van der Waals surface area contributed by atoms with Gasteiger partial charge in [0, 0.05) is 13.0 Å². The zero-order valence-electron chi connectivity index (χ0n) is 16.9. The Morgan fingerprint density at radius 2 is 1.82 bits per heavy atom. The molecule has 0 radical (unpaired) electrons. The minimum atomic E-state index is -0.637. The fourth-order valence-corrected chi connectivity index (χ4v) is 2.63. The lowest BCUT2D eigenvalue weighted by Gasteiger charge is -2.21. The summed E-state index contributed by atoms with van der Waals surface area (Å²) in [5.41, 5.74) is 0.880. The number of carbonyl (C=O) groups is 3. The highest BCUT2D eigenvalue weighted by Crippen LogP contribution is 2.27. The fraction of sp³-hybridized carbons (Fsp3) is 0.476. The summed E-state index contributed by atoms with van der Waals surface area (Å²) in [6.45, 7) is 5.65. The summed E-state index contributed by atoms with van der Waals surface area (Å²) in [4.78, 5) is 37.8. The molecule has 0 atom stereocenters. The van der Waals surface area contributed by atoms with Crippen molar-refractivity contribution in [2.45, 2.75) is 39.0 Å². The maximum atomic E-state index is 12.5. The Bertz CT molecular complexity index is 685. The molecule has 1 aromatic carbocycles. The molecule has 0 aliphatic heterocycles. The highest BCUT2D eigenvalue weighted by atomic mass is 16.5. The number of hydrogen-bond acceptors (Lipinski definition) is 6. The predicted octanol–water partition coefficient (Wildman–Crippen LogP) is 2.91. The zero-order chi connectivity index (χ0) is 20.9. The van der Waals surface area contributed by atoms with Crippen LogP contribution in [0.5, 0.6) is 11.5 Å². The number of carbonyl (C=O) groups excluding carboxylic acids is 3. The number of methoxy groups -OCH3 is 2. The first kappa shape index (κ1) is 23.2. The molecule has 0 heterocycles. The van der Waals surface area contributed by atoms with Crippen molar-refractivity contribution in [3.63, 3.8) is 0 Å². The van der Waals surface area contributed by atoms with Crippen LogP contribution in [0.25, 0.3) is 0 Å². The molecule has 2 amide bonds. The quantitative estimate of drug-likeness (QED) is 0.236. The highest BCUT2D eigenvalue weighted by Gasteiger charge is 2.23. The van der Waals surface area contributed by atoms with E-state index >= 15 is 0 Å². The van der Waals surface area contributed by atoms with Crippen molar-refractivity contribution in [1.82, 2.24) is 4.90 Å². The Balaban J connectivity index is 2.86. The van der Waals surface area contributed by atoms with E-state index in [1.807, 2.05) is 6.07 Å². The molecule has 7 heteroatoms. The summed E-state index contributed by atoms with van der Waals surface area (Å²) in [7, 11) is 3.09. The highest BCUT2D eigenvalue weighted by molar-refractivity contribution is 6.02. The van der Waals surface area contributed by atoms with Crippen molar-refractivity contribution in [3.8, 4) is 11.5 Å². The number of allylic oxidation sites excluding steroid dienone is 1. The van der Waals surface area contributed by atoms with Crippen LogP contribution in [0, 0.1) is 0 Å². The molecule has 0 spiro atoms. The fourth-order valence-electron chi connectivity index (χ4n) is 2.63. The third kappa shape index (κ3) is 7.42. The van der Waals surface area contributed by atoms with Crippen LogP contribution in [0.15, 0.2) is 30.9 Å². The van der Waals surface area contributed by atoms with E-state index < -0.39 is 18.3 Å². The maximum absolute atomic E-state index is 12.5. The summed E-state index contributed by atoms with van der Waals surface area (Å²) in [5, 5.41) is 0. The van der Waals surface area contributed by atoms with Crippen molar-refractivity contribution in [2.24, 2.45) is 0 Å². The van der Waals surface area contributed by atoms with Crippen LogP contribution in [0.1, 0.15) is 38.2 Å². The molecule has 0 aromatic heterocycles. The lowest BCUT2D eigenvalue weighted by atomic mass is 10.1. The standard InChI is InChI=1S/C21H29NO6/c1-5-7-8-9-19(23)22(20(24)15-21(25)28-6-2)13-12-16-10-11-17(26-3)18(14-16)27-4/h5,10-11,14H,1,6-9,12-13,15H2,2-4H3. The monoisotopic (exact) mass is 391 g/mol. The lowest BCUT2D eigenvalue weighted by molar-refractivity contribution is -0.151. The van der Waals surface area contributed by atoms with Gasteiger partial charge >= 0.3 is 5.97 Å². The second-order valence-electron chi connectivity index (χ2n) is 6.04. The number of amides is 2. The van der Waals surface area contributed by atoms with Gasteiger partial charge in [-0.2, -0.15) is 0 Å². The summed E-state index contributed by atoms with van der Waals surface area (Å²) < 4.78 is 15.3. The Kier molecular flexibility index (Phi) is 10.4. The number of nitrogens with zero attached hydrogens (tertiary/aromatic N) is 1. The van der Waals surface area contributed by atoms with Crippen molar-refractivity contribution in [3.05, 3.63) is 36.4 Å².